The van der Waals surface area contributed by atoms with Crippen molar-refractivity contribution in [1.82, 2.24) is 4.98 Å². The monoisotopic (exact) mass is 185 g/mol. The highest BCUT2D eigenvalue weighted by molar-refractivity contribution is 7.10. The van der Waals surface area contributed by atoms with Crippen LogP contribution in [0.4, 0.5) is 5.82 Å². The topological polar surface area (TPSA) is 85.1 Å². The van der Waals surface area contributed by atoms with Crippen LogP contribution in [0.15, 0.2) is 5.38 Å². The Hall–Kier alpha value is -1.43. The van der Waals surface area contributed by atoms with Gasteiger partial charge in [0, 0.05) is 5.38 Å². The van der Waals surface area contributed by atoms with Crippen LogP contribution in [-0.2, 0) is 16.0 Å². The summed E-state index contributed by atoms with van der Waals surface area (Å²) in [5.74, 6) is 0.0215. The zero-order valence-electron chi connectivity index (χ0n) is 6.11. The van der Waals surface area contributed by atoms with Gasteiger partial charge in [-0.3, -0.25) is 9.59 Å². The van der Waals surface area contributed by atoms with Crippen LogP contribution in [0, 0.1) is 0 Å². The number of aromatic nitrogens is 1. The van der Waals surface area contributed by atoms with E-state index in [2.05, 4.69) is 10.3 Å². The van der Waals surface area contributed by atoms with Crippen molar-refractivity contribution in [2.75, 3.05) is 5.32 Å². The molecule has 2 amide bonds. The van der Waals surface area contributed by atoms with Gasteiger partial charge in [-0.1, -0.05) is 0 Å². The first-order valence-corrected chi connectivity index (χ1v) is 4.03. The summed E-state index contributed by atoms with van der Waals surface area (Å²) >= 11 is 1.28. The van der Waals surface area contributed by atoms with Crippen molar-refractivity contribution in [3.05, 3.63) is 10.4 Å². The maximum atomic E-state index is 10.4. The highest BCUT2D eigenvalue weighted by atomic mass is 32.1. The first-order valence-electron chi connectivity index (χ1n) is 3.15. The Morgan fingerprint density at radius 1 is 1.83 bits per heavy atom. The molecule has 0 aliphatic carbocycles. The predicted molar refractivity (Wildman–Crippen MR) is 44.7 cm³/mol. The molecule has 12 heavy (non-hydrogen) atoms. The Morgan fingerprint density at radius 2 is 2.58 bits per heavy atom. The zero-order valence-corrected chi connectivity index (χ0v) is 6.93. The maximum absolute atomic E-state index is 10.4. The normalized spacial score (nSPS) is 9.33. The van der Waals surface area contributed by atoms with Crippen molar-refractivity contribution in [3.63, 3.8) is 0 Å². The molecule has 5 nitrogen and oxygen atoms in total. The number of primary amides is 1. The summed E-state index contributed by atoms with van der Waals surface area (Å²) in [4.78, 5) is 24.3. The molecule has 0 saturated heterocycles. The second-order valence-electron chi connectivity index (χ2n) is 2.03. The number of carbonyl (C=O) groups excluding carboxylic acids is 2. The van der Waals surface area contributed by atoms with Crippen molar-refractivity contribution in [1.29, 1.82) is 0 Å². The van der Waals surface area contributed by atoms with Gasteiger partial charge < -0.3 is 11.1 Å². The van der Waals surface area contributed by atoms with Crippen molar-refractivity contribution >= 4 is 29.5 Å². The average Bonchev–Trinajstić information content (AvgIpc) is 2.36. The van der Waals surface area contributed by atoms with Crippen molar-refractivity contribution in [2.45, 2.75) is 6.42 Å². The van der Waals surface area contributed by atoms with Crippen LogP contribution in [0.1, 0.15) is 5.01 Å². The van der Waals surface area contributed by atoms with Crippen LogP contribution in [0.3, 0.4) is 0 Å². The molecule has 0 bridgehead atoms. The lowest BCUT2D eigenvalue weighted by molar-refractivity contribution is -0.117. The Balaban J connectivity index is 2.63. The largest absolute Gasteiger partial charge is 0.369 e. The number of nitrogens with zero attached hydrogens (tertiary/aromatic N) is 1. The summed E-state index contributed by atoms with van der Waals surface area (Å²) in [7, 11) is 0. The molecule has 0 aromatic carbocycles. The molecule has 1 rings (SSSR count). The van der Waals surface area contributed by atoms with E-state index in [1.54, 1.807) is 5.38 Å². The number of nitrogens with two attached hydrogens (primary N) is 1. The Morgan fingerprint density at radius 3 is 3.17 bits per heavy atom. The number of nitrogens with one attached hydrogen (secondary N) is 1. The molecule has 1 heterocycles. The van der Waals surface area contributed by atoms with Crippen LogP contribution < -0.4 is 11.1 Å². The minimum Gasteiger partial charge on any atom is -0.369 e. The molecule has 0 aliphatic rings. The quantitative estimate of drug-likeness (QED) is 0.634. The van der Waals surface area contributed by atoms with Gasteiger partial charge in [0.1, 0.15) is 10.8 Å². The minimum atomic E-state index is -0.429. The summed E-state index contributed by atoms with van der Waals surface area (Å²) in [6.07, 6.45) is 0.647. The fourth-order valence-corrected chi connectivity index (χ4v) is 1.41. The maximum Gasteiger partial charge on any atom is 0.224 e. The van der Waals surface area contributed by atoms with Gasteiger partial charge in [-0.05, 0) is 0 Å². The average molecular weight is 185 g/mol. The van der Waals surface area contributed by atoms with E-state index in [-0.39, 0.29) is 6.42 Å². The lowest BCUT2D eigenvalue weighted by Crippen LogP contribution is -2.13. The van der Waals surface area contributed by atoms with Crippen LogP contribution in [-0.4, -0.2) is 17.3 Å². The number of hydrogen-bond acceptors (Lipinski definition) is 4. The molecule has 0 atom stereocenters. The Labute approximate surface area is 72.6 Å². The molecule has 0 spiro atoms. The molecule has 3 N–H and O–H groups in total. The lowest BCUT2D eigenvalue weighted by Gasteiger charge is -1.88. The predicted octanol–water partition coefficient (Wildman–Crippen LogP) is -0.261. The summed E-state index contributed by atoms with van der Waals surface area (Å²) in [6.45, 7) is 0. The van der Waals surface area contributed by atoms with Gasteiger partial charge in [0.05, 0.1) is 6.42 Å². The molecular weight excluding hydrogens is 178 g/mol. The van der Waals surface area contributed by atoms with E-state index in [0.717, 1.165) is 0 Å². The number of anilines is 1. The Bertz CT molecular complexity index is 297. The lowest BCUT2D eigenvalue weighted by atomic mass is 10.4. The van der Waals surface area contributed by atoms with Crippen molar-refractivity contribution < 1.29 is 9.59 Å². The number of hydrogen-bond donors (Lipinski definition) is 2. The molecule has 64 valence electrons. The fourth-order valence-electron chi connectivity index (χ4n) is 0.668. The SMILES string of the molecule is NC(=O)Cc1nc(NC=O)cs1. The number of thiazole rings is 1. The highest BCUT2D eigenvalue weighted by Crippen LogP contribution is 2.13. The Kier molecular flexibility index (Phi) is 2.76. The van der Waals surface area contributed by atoms with Crippen molar-refractivity contribution in [2.24, 2.45) is 5.73 Å². The van der Waals surface area contributed by atoms with E-state index < -0.39 is 5.91 Å². The fraction of sp³-hybridized carbons (Fsp3) is 0.167. The minimum absolute atomic E-state index is 0.116. The summed E-state index contributed by atoms with van der Waals surface area (Å²) in [5.41, 5.74) is 4.95. The van der Waals surface area contributed by atoms with Gasteiger partial charge in [0.25, 0.3) is 0 Å². The highest BCUT2D eigenvalue weighted by Gasteiger charge is 2.03. The summed E-state index contributed by atoms with van der Waals surface area (Å²) in [5, 5.41) is 4.62. The molecule has 0 fully saturated rings. The van der Waals surface area contributed by atoms with E-state index in [0.29, 0.717) is 17.2 Å². The van der Waals surface area contributed by atoms with Crippen LogP contribution in [0.25, 0.3) is 0 Å². The molecule has 0 unspecified atom stereocenters. The molecule has 0 saturated carbocycles. The van der Waals surface area contributed by atoms with Gasteiger partial charge in [0.2, 0.25) is 12.3 Å². The third kappa shape index (κ3) is 2.31. The standard InChI is InChI=1S/C6H7N3O2S/c7-4(11)1-6-9-5(2-12-6)8-3-10/h2-3H,1H2,(H2,7,11)(H,8,10). The second-order valence-corrected chi connectivity index (χ2v) is 2.97. The van der Waals surface area contributed by atoms with E-state index in [9.17, 15) is 9.59 Å². The zero-order chi connectivity index (χ0) is 8.97. The number of amides is 2. The van der Waals surface area contributed by atoms with E-state index in [1.807, 2.05) is 0 Å². The molecular formula is C6H7N3O2S. The van der Waals surface area contributed by atoms with Crippen molar-refractivity contribution in [3.8, 4) is 0 Å². The van der Waals surface area contributed by atoms with Gasteiger partial charge in [-0.15, -0.1) is 11.3 Å². The third-order valence-electron chi connectivity index (χ3n) is 1.08. The molecule has 6 heteroatoms. The van der Waals surface area contributed by atoms with Crippen LogP contribution >= 0.6 is 11.3 Å². The van der Waals surface area contributed by atoms with Crippen LogP contribution in [0.2, 0.25) is 0 Å². The molecule has 0 radical (unpaired) electrons. The number of carbonyl (C=O) groups is 2. The van der Waals surface area contributed by atoms with E-state index in [1.165, 1.54) is 11.3 Å². The van der Waals surface area contributed by atoms with Crippen LogP contribution in [0.5, 0.6) is 0 Å². The first kappa shape index (κ1) is 8.66. The molecule has 1 aromatic rings. The van der Waals surface area contributed by atoms with Gasteiger partial charge in [-0.25, -0.2) is 4.98 Å². The second kappa shape index (κ2) is 3.82. The summed E-state index contributed by atoms with van der Waals surface area (Å²) in [6, 6.07) is 0. The van der Waals surface area contributed by atoms with E-state index in [4.69, 9.17) is 5.73 Å². The van der Waals surface area contributed by atoms with Gasteiger partial charge in [0.15, 0.2) is 0 Å². The third-order valence-corrected chi connectivity index (χ3v) is 1.93. The molecule has 1 aromatic heterocycles. The smallest absolute Gasteiger partial charge is 0.224 e. The van der Waals surface area contributed by atoms with Gasteiger partial charge >= 0.3 is 0 Å². The summed E-state index contributed by atoms with van der Waals surface area (Å²) < 4.78 is 0. The number of rotatable bonds is 4. The van der Waals surface area contributed by atoms with E-state index >= 15 is 0 Å². The first-order chi connectivity index (χ1) is 5.72. The van der Waals surface area contributed by atoms with Gasteiger partial charge in [-0.2, -0.15) is 0 Å². The molecule has 0 aliphatic heterocycles.